The molecule has 0 saturated carbocycles. The van der Waals surface area contributed by atoms with Gasteiger partial charge in [0.15, 0.2) is 0 Å². The van der Waals surface area contributed by atoms with E-state index < -0.39 is 12.0 Å². The van der Waals surface area contributed by atoms with Crippen molar-refractivity contribution in [1.82, 2.24) is 0 Å². The molecule has 0 fully saturated rings. The summed E-state index contributed by atoms with van der Waals surface area (Å²) < 4.78 is 13.6. The Morgan fingerprint density at radius 3 is 2.81 bits per heavy atom. The number of rotatable bonds is 4. The normalized spacial score (nSPS) is 12.5. The summed E-state index contributed by atoms with van der Waals surface area (Å²) in [5, 5.41) is 8.56. The summed E-state index contributed by atoms with van der Waals surface area (Å²) in [6.07, 6.45) is 0.266. The predicted molar refractivity (Wildman–Crippen MR) is 62.6 cm³/mol. The third-order valence-corrected chi connectivity index (χ3v) is 3.20. The van der Waals surface area contributed by atoms with E-state index in [9.17, 15) is 9.18 Å². The first-order chi connectivity index (χ1) is 7.43. The van der Waals surface area contributed by atoms with Crippen LogP contribution in [0.1, 0.15) is 30.0 Å². The van der Waals surface area contributed by atoms with E-state index in [2.05, 4.69) is 15.9 Å². The maximum absolute atomic E-state index is 13.3. The Kier molecular flexibility index (Phi) is 4.44. The summed E-state index contributed by atoms with van der Waals surface area (Å²) in [6.45, 7) is 1.82. The largest absolute Gasteiger partial charge is 0.481 e. The SMILES string of the molecule is Cc1ccc(F)c(Br)c1C(N)CCC(=O)O. The van der Waals surface area contributed by atoms with Gasteiger partial charge in [-0.1, -0.05) is 6.07 Å². The molecule has 5 heteroatoms. The second-order valence-electron chi connectivity index (χ2n) is 3.63. The Morgan fingerprint density at radius 1 is 1.62 bits per heavy atom. The molecule has 1 unspecified atom stereocenters. The number of nitrogens with two attached hydrogens (primary N) is 1. The summed E-state index contributed by atoms with van der Waals surface area (Å²) in [5.41, 5.74) is 7.35. The van der Waals surface area contributed by atoms with Gasteiger partial charge in [-0.3, -0.25) is 4.79 Å². The highest BCUT2D eigenvalue weighted by molar-refractivity contribution is 9.10. The Labute approximate surface area is 102 Å². The summed E-state index contributed by atoms with van der Waals surface area (Å²) in [5.74, 6) is -1.29. The van der Waals surface area contributed by atoms with Crippen LogP contribution in [0.15, 0.2) is 16.6 Å². The molecule has 0 radical (unpaired) electrons. The zero-order valence-electron chi connectivity index (χ0n) is 8.84. The fourth-order valence-corrected chi connectivity index (χ4v) is 2.28. The summed E-state index contributed by atoms with van der Waals surface area (Å²) >= 11 is 3.14. The van der Waals surface area contributed by atoms with Crippen LogP contribution in [0.4, 0.5) is 4.39 Å². The van der Waals surface area contributed by atoms with Crippen LogP contribution in [-0.4, -0.2) is 11.1 Å². The number of aliphatic carboxylic acids is 1. The molecular formula is C11H13BrFNO2. The molecule has 3 N–H and O–H groups in total. The Hall–Kier alpha value is -0.940. The number of carboxylic acid groups (broad SMARTS) is 1. The highest BCUT2D eigenvalue weighted by Gasteiger charge is 2.16. The molecule has 0 saturated heterocycles. The van der Waals surface area contributed by atoms with E-state index in [-0.39, 0.29) is 18.7 Å². The summed E-state index contributed by atoms with van der Waals surface area (Å²) in [7, 11) is 0. The Morgan fingerprint density at radius 2 is 2.25 bits per heavy atom. The minimum atomic E-state index is -0.902. The van der Waals surface area contributed by atoms with Gasteiger partial charge in [-0.25, -0.2) is 4.39 Å². The monoisotopic (exact) mass is 289 g/mol. The van der Waals surface area contributed by atoms with Gasteiger partial charge in [-0.15, -0.1) is 0 Å². The topological polar surface area (TPSA) is 63.3 Å². The van der Waals surface area contributed by atoms with E-state index >= 15 is 0 Å². The van der Waals surface area contributed by atoms with Gasteiger partial charge >= 0.3 is 5.97 Å². The molecule has 16 heavy (non-hydrogen) atoms. The van der Waals surface area contributed by atoms with E-state index in [1.165, 1.54) is 6.07 Å². The van der Waals surface area contributed by atoms with Gasteiger partial charge < -0.3 is 10.8 Å². The molecule has 0 heterocycles. The van der Waals surface area contributed by atoms with Crippen LogP contribution in [0.3, 0.4) is 0 Å². The molecule has 0 aromatic heterocycles. The van der Waals surface area contributed by atoms with Crippen molar-refractivity contribution in [3.05, 3.63) is 33.5 Å². The van der Waals surface area contributed by atoms with Crippen LogP contribution in [0.2, 0.25) is 0 Å². The average molecular weight is 290 g/mol. The van der Waals surface area contributed by atoms with Gasteiger partial charge in [0.25, 0.3) is 0 Å². The molecule has 0 aliphatic heterocycles. The first-order valence-corrected chi connectivity index (χ1v) is 5.64. The maximum atomic E-state index is 13.3. The van der Waals surface area contributed by atoms with Crippen molar-refractivity contribution >= 4 is 21.9 Å². The third kappa shape index (κ3) is 3.02. The van der Waals surface area contributed by atoms with Gasteiger partial charge in [-0.05, 0) is 46.5 Å². The van der Waals surface area contributed by atoms with Crippen LogP contribution in [0.25, 0.3) is 0 Å². The lowest BCUT2D eigenvalue weighted by molar-refractivity contribution is -0.137. The second kappa shape index (κ2) is 5.41. The minimum Gasteiger partial charge on any atom is -0.481 e. The van der Waals surface area contributed by atoms with Crippen molar-refractivity contribution in [2.24, 2.45) is 5.73 Å². The van der Waals surface area contributed by atoms with Crippen LogP contribution < -0.4 is 5.73 Å². The average Bonchev–Trinajstić information content (AvgIpc) is 2.21. The molecule has 3 nitrogen and oxygen atoms in total. The highest BCUT2D eigenvalue weighted by atomic mass is 79.9. The van der Waals surface area contributed by atoms with E-state index in [1.54, 1.807) is 6.07 Å². The lowest BCUT2D eigenvalue weighted by Crippen LogP contribution is -2.14. The van der Waals surface area contributed by atoms with Gasteiger partial charge in [0.1, 0.15) is 5.82 Å². The van der Waals surface area contributed by atoms with Crippen molar-refractivity contribution in [2.45, 2.75) is 25.8 Å². The fraction of sp³-hybridized carbons (Fsp3) is 0.364. The van der Waals surface area contributed by atoms with Crippen LogP contribution >= 0.6 is 15.9 Å². The van der Waals surface area contributed by atoms with E-state index in [4.69, 9.17) is 10.8 Å². The van der Waals surface area contributed by atoms with Crippen molar-refractivity contribution in [2.75, 3.05) is 0 Å². The number of carboxylic acids is 1. The number of benzene rings is 1. The van der Waals surface area contributed by atoms with Crippen LogP contribution in [-0.2, 0) is 4.79 Å². The number of carbonyl (C=O) groups is 1. The molecule has 0 aliphatic carbocycles. The molecule has 1 aromatic carbocycles. The zero-order valence-corrected chi connectivity index (χ0v) is 10.4. The van der Waals surface area contributed by atoms with Gasteiger partial charge in [0.05, 0.1) is 4.47 Å². The minimum absolute atomic E-state index is 0.0242. The molecule has 0 spiro atoms. The smallest absolute Gasteiger partial charge is 0.303 e. The predicted octanol–water partition coefficient (Wildman–Crippen LogP) is 2.76. The summed E-state index contributed by atoms with van der Waals surface area (Å²) in [4.78, 5) is 10.4. The number of halogens is 2. The number of aryl methyl sites for hydroxylation is 1. The summed E-state index contributed by atoms with van der Waals surface area (Å²) in [6, 6.07) is 2.52. The molecule has 88 valence electrons. The lowest BCUT2D eigenvalue weighted by atomic mass is 9.98. The molecule has 1 atom stereocenters. The molecular weight excluding hydrogens is 277 g/mol. The fourth-order valence-electron chi connectivity index (χ4n) is 1.54. The first-order valence-electron chi connectivity index (χ1n) is 4.85. The van der Waals surface area contributed by atoms with Crippen LogP contribution in [0, 0.1) is 12.7 Å². The van der Waals surface area contributed by atoms with E-state index in [1.807, 2.05) is 6.92 Å². The molecule has 1 rings (SSSR count). The zero-order chi connectivity index (χ0) is 12.3. The Balaban J connectivity index is 2.94. The van der Waals surface area contributed by atoms with Gasteiger partial charge in [0, 0.05) is 12.5 Å². The number of hydrogen-bond donors (Lipinski definition) is 2. The van der Waals surface area contributed by atoms with E-state index in [0.29, 0.717) is 10.0 Å². The Bertz CT molecular complexity index is 409. The van der Waals surface area contributed by atoms with Crippen molar-refractivity contribution in [1.29, 1.82) is 0 Å². The van der Waals surface area contributed by atoms with E-state index in [0.717, 1.165) is 5.56 Å². The van der Waals surface area contributed by atoms with Crippen molar-refractivity contribution in [3.8, 4) is 0 Å². The van der Waals surface area contributed by atoms with Gasteiger partial charge in [-0.2, -0.15) is 0 Å². The highest BCUT2D eigenvalue weighted by Crippen LogP contribution is 2.30. The van der Waals surface area contributed by atoms with Gasteiger partial charge in [0.2, 0.25) is 0 Å². The lowest BCUT2D eigenvalue weighted by Gasteiger charge is -2.16. The second-order valence-corrected chi connectivity index (χ2v) is 4.42. The van der Waals surface area contributed by atoms with Crippen molar-refractivity contribution in [3.63, 3.8) is 0 Å². The maximum Gasteiger partial charge on any atom is 0.303 e. The number of hydrogen-bond acceptors (Lipinski definition) is 2. The van der Waals surface area contributed by atoms with Crippen LogP contribution in [0.5, 0.6) is 0 Å². The third-order valence-electron chi connectivity index (χ3n) is 2.39. The molecule has 0 aliphatic rings. The quantitative estimate of drug-likeness (QED) is 0.896. The molecule has 0 bridgehead atoms. The first kappa shape index (κ1) is 13.1. The molecule has 0 amide bonds. The van der Waals surface area contributed by atoms with Crippen molar-refractivity contribution < 1.29 is 14.3 Å². The standard InChI is InChI=1S/C11H13BrFNO2/c1-6-2-3-7(13)11(12)10(6)8(14)4-5-9(15)16/h2-3,8H,4-5,14H2,1H3,(H,15,16). The molecule has 1 aromatic rings.